The van der Waals surface area contributed by atoms with Gasteiger partial charge in [-0.2, -0.15) is 0 Å². The predicted octanol–water partition coefficient (Wildman–Crippen LogP) is 4.87. The minimum absolute atomic E-state index is 0.574. The van der Waals surface area contributed by atoms with Crippen molar-refractivity contribution in [2.45, 2.75) is 6.42 Å². The maximum Gasteiger partial charge on any atom is 0.150 e. The number of hydrogen-bond donors (Lipinski definition) is 0. The van der Waals surface area contributed by atoms with Crippen molar-refractivity contribution in [3.8, 4) is 11.3 Å². The second-order valence-corrected chi connectivity index (χ2v) is 6.01. The van der Waals surface area contributed by atoms with Crippen LogP contribution in [-0.2, 0) is 6.42 Å². The van der Waals surface area contributed by atoms with Gasteiger partial charge in [0, 0.05) is 28.0 Å². The lowest BCUT2D eigenvalue weighted by Gasteiger charge is -2.03. The first-order valence-electron chi connectivity index (χ1n) is 6.49. The molecule has 0 aliphatic rings. The number of halogens is 1. The molecule has 1 heterocycles. The number of benzene rings is 2. The molecule has 0 aliphatic carbocycles. The highest BCUT2D eigenvalue weighted by Crippen LogP contribution is 2.24. The van der Waals surface area contributed by atoms with Crippen molar-refractivity contribution in [1.82, 2.24) is 4.98 Å². The van der Waals surface area contributed by atoms with Crippen LogP contribution in [0, 0.1) is 0 Å². The fourth-order valence-electron chi connectivity index (χ4n) is 2.13. The summed E-state index contributed by atoms with van der Waals surface area (Å²) in [6.45, 7) is 0. The van der Waals surface area contributed by atoms with Crippen molar-refractivity contribution in [2.75, 3.05) is 0 Å². The van der Waals surface area contributed by atoms with Crippen molar-refractivity contribution >= 4 is 29.2 Å². The van der Waals surface area contributed by atoms with Gasteiger partial charge in [0.1, 0.15) is 6.29 Å². The second kappa shape index (κ2) is 6.20. The molecule has 0 bridgehead atoms. The van der Waals surface area contributed by atoms with E-state index < -0.39 is 0 Å². The zero-order valence-corrected chi connectivity index (χ0v) is 12.7. The standard InChI is InChI=1S/C17H12ClNOS/c18-15-7-6-13(14(8-15)10-20)9-17-19-16(11-21-17)12-4-2-1-3-5-12/h1-8,10-11H,9H2. The molecular weight excluding hydrogens is 302 g/mol. The summed E-state index contributed by atoms with van der Waals surface area (Å²) in [4.78, 5) is 15.8. The van der Waals surface area contributed by atoms with Crippen LogP contribution < -0.4 is 0 Å². The van der Waals surface area contributed by atoms with Crippen molar-refractivity contribution < 1.29 is 4.79 Å². The summed E-state index contributed by atoms with van der Waals surface area (Å²) in [6.07, 6.45) is 1.48. The Morgan fingerprint density at radius 3 is 2.71 bits per heavy atom. The van der Waals surface area contributed by atoms with Crippen LogP contribution in [0.25, 0.3) is 11.3 Å². The van der Waals surface area contributed by atoms with Crippen LogP contribution in [0.4, 0.5) is 0 Å². The van der Waals surface area contributed by atoms with Gasteiger partial charge < -0.3 is 0 Å². The summed E-state index contributed by atoms with van der Waals surface area (Å²) in [5.41, 5.74) is 3.64. The van der Waals surface area contributed by atoms with E-state index in [-0.39, 0.29) is 0 Å². The first-order chi connectivity index (χ1) is 10.3. The topological polar surface area (TPSA) is 30.0 Å². The molecule has 2 aromatic carbocycles. The summed E-state index contributed by atoms with van der Waals surface area (Å²) in [5.74, 6) is 0. The molecule has 1 aromatic heterocycles. The van der Waals surface area contributed by atoms with Crippen molar-refractivity contribution in [2.24, 2.45) is 0 Å². The number of rotatable bonds is 4. The van der Waals surface area contributed by atoms with Gasteiger partial charge in [-0.3, -0.25) is 4.79 Å². The average Bonchev–Trinajstić information content (AvgIpc) is 2.98. The smallest absolute Gasteiger partial charge is 0.150 e. The summed E-state index contributed by atoms with van der Waals surface area (Å²) in [6, 6.07) is 15.4. The number of thiazole rings is 1. The summed E-state index contributed by atoms with van der Waals surface area (Å²) in [7, 11) is 0. The Kier molecular flexibility index (Phi) is 4.13. The van der Waals surface area contributed by atoms with Crippen LogP contribution >= 0.6 is 22.9 Å². The molecular formula is C17H12ClNOS. The lowest BCUT2D eigenvalue weighted by atomic mass is 10.1. The monoisotopic (exact) mass is 313 g/mol. The van der Waals surface area contributed by atoms with Gasteiger partial charge >= 0.3 is 0 Å². The van der Waals surface area contributed by atoms with Crippen LogP contribution in [0.5, 0.6) is 0 Å². The fourth-order valence-corrected chi connectivity index (χ4v) is 3.14. The third kappa shape index (κ3) is 3.20. The number of carbonyl (C=O) groups excluding carboxylic acids is 1. The fraction of sp³-hybridized carbons (Fsp3) is 0.0588. The highest BCUT2D eigenvalue weighted by molar-refractivity contribution is 7.10. The number of hydrogen-bond acceptors (Lipinski definition) is 3. The van der Waals surface area contributed by atoms with Gasteiger partial charge in [0.05, 0.1) is 10.7 Å². The van der Waals surface area contributed by atoms with Crippen LogP contribution in [0.3, 0.4) is 0 Å². The third-order valence-electron chi connectivity index (χ3n) is 3.20. The zero-order valence-electron chi connectivity index (χ0n) is 11.1. The Balaban J connectivity index is 1.87. The maximum atomic E-state index is 11.1. The van der Waals surface area contributed by atoms with Gasteiger partial charge in [-0.25, -0.2) is 4.98 Å². The Hall–Kier alpha value is -1.97. The van der Waals surface area contributed by atoms with E-state index in [0.717, 1.165) is 28.1 Å². The molecule has 0 saturated carbocycles. The lowest BCUT2D eigenvalue weighted by Crippen LogP contribution is -1.94. The van der Waals surface area contributed by atoms with Gasteiger partial charge in [-0.1, -0.05) is 48.0 Å². The normalized spacial score (nSPS) is 10.5. The molecule has 0 radical (unpaired) electrons. The van der Waals surface area contributed by atoms with Gasteiger partial charge in [0.2, 0.25) is 0 Å². The van der Waals surface area contributed by atoms with Gasteiger partial charge in [0.25, 0.3) is 0 Å². The second-order valence-electron chi connectivity index (χ2n) is 4.63. The molecule has 0 N–H and O–H groups in total. The summed E-state index contributed by atoms with van der Waals surface area (Å²) < 4.78 is 0. The first kappa shape index (κ1) is 14.0. The van der Waals surface area contributed by atoms with Crippen molar-refractivity contribution in [1.29, 1.82) is 0 Å². The highest BCUT2D eigenvalue weighted by Gasteiger charge is 2.08. The molecule has 3 rings (SSSR count). The molecule has 0 spiro atoms. The van der Waals surface area contributed by atoms with Crippen molar-refractivity contribution in [3.05, 3.63) is 75.1 Å². The minimum Gasteiger partial charge on any atom is -0.298 e. The Morgan fingerprint density at radius 2 is 1.95 bits per heavy atom. The van der Waals surface area contributed by atoms with E-state index in [1.807, 2.05) is 41.8 Å². The van der Waals surface area contributed by atoms with Crippen LogP contribution in [-0.4, -0.2) is 11.3 Å². The molecule has 0 saturated heterocycles. The molecule has 0 unspecified atom stereocenters. The molecule has 0 aliphatic heterocycles. The molecule has 2 nitrogen and oxygen atoms in total. The summed E-state index contributed by atoms with van der Waals surface area (Å²) >= 11 is 7.51. The maximum absolute atomic E-state index is 11.1. The van der Waals surface area contributed by atoms with E-state index in [9.17, 15) is 4.79 Å². The third-order valence-corrected chi connectivity index (χ3v) is 4.28. The number of carbonyl (C=O) groups is 1. The largest absolute Gasteiger partial charge is 0.298 e. The SMILES string of the molecule is O=Cc1cc(Cl)ccc1Cc1nc(-c2ccccc2)cs1. The zero-order chi connectivity index (χ0) is 14.7. The lowest BCUT2D eigenvalue weighted by molar-refractivity contribution is 0.112. The first-order valence-corrected chi connectivity index (χ1v) is 7.75. The van der Waals surface area contributed by atoms with Gasteiger partial charge in [-0.15, -0.1) is 11.3 Å². The highest BCUT2D eigenvalue weighted by atomic mass is 35.5. The molecule has 4 heteroatoms. The van der Waals surface area contributed by atoms with Crippen LogP contribution in [0.15, 0.2) is 53.9 Å². The Bertz CT molecular complexity index is 767. The number of aromatic nitrogens is 1. The quantitative estimate of drug-likeness (QED) is 0.643. The van der Waals surface area contributed by atoms with Crippen LogP contribution in [0.2, 0.25) is 5.02 Å². The summed E-state index contributed by atoms with van der Waals surface area (Å²) in [5, 5.41) is 3.60. The van der Waals surface area contributed by atoms with E-state index in [0.29, 0.717) is 17.0 Å². The predicted molar refractivity (Wildman–Crippen MR) is 87.2 cm³/mol. The molecule has 0 amide bonds. The van der Waals surface area contributed by atoms with E-state index in [2.05, 4.69) is 4.98 Å². The minimum atomic E-state index is 0.574. The van der Waals surface area contributed by atoms with Gasteiger partial charge in [0.15, 0.2) is 0 Å². The van der Waals surface area contributed by atoms with Crippen molar-refractivity contribution in [3.63, 3.8) is 0 Å². The Morgan fingerprint density at radius 1 is 1.14 bits per heavy atom. The van der Waals surface area contributed by atoms with Crippen LogP contribution in [0.1, 0.15) is 20.9 Å². The van der Waals surface area contributed by atoms with E-state index in [4.69, 9.17) is 11.6 Å². The van der Waals surface area contributed by atoms with Gasteiger partial charge in [-0.05, 0) is 17.7 Å². The van der Waals surface area contributed by atoms with E-state index in [1.165, 1.54) is 0 Å². The Labute approximate surface area is 132 Å². The molecule has 0 atom stereocenters. The molecule has 21 heavy (non-hydrogen) atoms. The molecule has 0 fully saturated rings. The molecule has 3 aromatic rings. The van der Waals surface area contributed by atoms with E-state index >= 15 is 0 Å². The van der Waals surface area contributed by atoms with E-state index in [1.54, 1.807) is 23.5 Å². The number of aldehydes is 1. The molecule has 104 valence electrons. The number of nitrogens with zero attached hydrogens (tertiary/aromatic N) is 1. The average molecular weight is 314 g/mol.